The normalized spacial score (nSPS) is 21.0. The third-order valence-electron chi connectivity index (χ3n) is 8.47. The third kappa shape index (κ3) is 6.25. The molecule has 2 fully saturated rings. The number of methoxy groups -OCH3 is 1. The molecule has 2 aromatic carbocycles. The van der Waals surface area contributed by atoms with Crippen LogP contribution in [0.5, 0.6) is 17.2 Å². The molecule has 2 amide bonds. The fourth-order valence-electron chi connectivity index (χ4n) is 6.12. The van der Waals surface area contributed by atoms with Gasteiger partial charge in [0.05, 0.1) is 26.2 Å². The average molecular weight is 551 g/mol. The smallest absolute Gasteiger partial charge is 0.306 e. The number of carbonyl (C=O) groups is 3. The van der Waals surface area contributed by atoms with Gasteiger partial charge in [0, 0.05) is 38.4 Å². The number of aliphatic carboxylic acids is 1. The van der Waals surface area contributed by atoms with Gasteiger partial charge in [0.15, 0.2) is 11.5 Å². The predicted molar refractivity (Wildman–Crippen MR) is 147 cm³/mol. The number of carboxylic acid groups (broad SMARTS) is 1. The number of nitrogens with zero attached hydrogens (tertiary/aromatic N) is 2. The molecule has 2 heterocycles. The van der Waals surface area contributed by atoms with Crippen LogP contribution in [0.1, 0.15) is 61.8 Å². The first kappa shape index (κ1) is 28.0. The van der Waals surface area contributed by atoms with E-state index in [4.69, 9.17) is 14.2 Å². The molecular formula is C31H38N2O7. The summed E-state index contributed by atoms with van der Waals surface area (Å²) in [4.78, 5) is 39.0. The van der Waals surface area contributed by atoms with E-state index in [0.29, 0.717) is 37.0 Å². The standard InChI is InChI=1S/C31H38N2O7/c1-20(23-6-8-26-24(17-23)11-13-39-26)32(18-21-3-5-25(15-21)31(36)37)19-22-4-7-27(28(16-22)38-2)40-14-12-33-29(34)9-10-30(33)35/h4,6-8,16-17,20-21,25H,3,5,9-15,18-19H2,1-2H3,(H,36,37)/t20?,21-,25?/m1/s1. The maximum atomic E-state index is 11.9. The van der Waals surface area contributed by atoms with Crippen LogP contribution in [0.2, 0.25) is 0 Å². The van der Waals surface area contributed by atoms with E-state index in [-0.39, 0.29) is 49.8 Å². The number of rotatable bonds is 12. The molecule has 9 nitrogen and oxygen atoms in total. The van der Waals surface area contributed by atoms with Crippen molar-refractivity contribution in [1.29, 1.82) is 0 Å². The maximum Gasteiger partial charge on any atom is 0.306 e. The van der Waals surface area contributed by atoms with Crippen LogP contribution in [0, 0.1) is 11.8 Å². The minimum atomic E-state index is -0.695. The van der Waals surface area contributed by atoms with E-state index >= 15 is 0 Å². The summed E-state index contributed by atoms with van der Waals surface area (Å²) in [6.45, 7) is 4.81. The van der Waals surface area contributed by atoms with Gasteiger partial charge in [0.1, 0.15) is 12.4 Å². The molecule has 0 aromatic heterocycles. The number of carboxylic acids is 1. The van der Waals surface area contributed by atoms with Crippen molar-refractivity contribution in [2.45, 2.75) is 58.0 Å². The van der Waals surface area contributed by atoms with Crippen LogP contribution in [0.4, 0.5) is 0 Å². The van der Waals surface area contributed by atoms with E-state index in [1.165, 1.54) is 16.0 Å². The van der Waals surface area contributed by atoms with Crippen LogP contribution in [0.25, 0.3) is 0 Å². The number of ether oxygens (including phenoxy) is 3. The highest BCUT2D eigenvalue weighted by Crippen LogP contribution is 2.36. The Bertz CT molecular complexity index is 1250. The van der Waals surface area contributed by atoms with Gasteiger partial charge in [-0.2, -0.15) is 0 Å². The molecule has 5 rings (SSSR count). The van der Waals surface area contributed by atoms with Gasteiger partial charge in [-0.05, 0) is 67.0 Å². The molecule has 2 aromatic rings. The maximum absolute atomic E-state index is 11.9. The average Bonchev–Trinajstić information content (AvgIpc) is 3.69. The number of fused-ring (bicyclic) bond motifs is 1. The van der Waals surface area contributed by atoms with Crippen LogP contribution in [-0.2, 0) is 27.3 Å². The van der Waals surface area contributed by atoms with Crippen molar-refractivity contribution in [1.82, 2.24) is 9.80 Å². The summed E-state index contributed by atoms with van der Waals surface area (Å²) in [7, 11) is 1.59. The molecule has 0 spiro atoms. The number of benzene rings is 2. The van der Waals surface area contributed by atoms with E-state index in [1.54, 1.807) is 7.11 Å². The quantitative estimate of drug-likeness (QED) is 0.392. The van der Waals surface area contributed by atoms with Gasteiger partial charge in [-0.25, -0.2) is 0 Å². The molecule has 1 N–H and O–H groups in total. The molecule has 1 saturated heterocycles. The van der Waals surface area contributed by atoms with Crippen LogP contribution in [0.15, 0.2) is 36.4 Å². The SMILES string of the molecule is COc1cc(CN(C[C@@H]2CCC(C(=O)O)C2)C(C)c2ccc3c(c2)CCO3)ccc1OCCN1C(=O)CCC1=O. The minimum absolute atomic E-state index is 0.118. The highest BCUT2D eigenvalue weighted by Gasteiger charge is 2.32. The molecule has 2 aliphatic heterocycles. The van der Waals surface area contributed by atoms with Crippen molar-refractivity contribution in [2.75, 3.05) is 33.4 Å². The first-order chi connectivity index (χ1) is 19.3. The fourth-order valence-corrected chi connectivity index (χ4v) is 6.12. The summed E-state index contributed by atoms with van der Waals surface area (Å²) in [5, 5.41) is 9.52. The molecule has 1 saturated carbocycles. The largest absolute Gasteiger partial charge is 0.493 e. The lowest BCUT2D eigenvalue weighted by Crippen LogP contribution is -2.33. The van der Waals surface area contributed by atoms with Crippen molar-refractivity contribution in [3.05, 3.63) is 53.1 Å². The van der Waals surface area contributed by atoms with Gasteiger partial charge >= 0.3 is 5.97 Å². The Morgan fingerprint density at radius 1 is 1.10 bits per heavy atom. The lowest BCUT2D eigenvalue weighted by atomic mass is 9.99. The van der Waals surface area contributed by atoms with Crippen molar-refractivity contribution in [3.63, 3.8) is 0 Å². The topological polar surface area (TPSA) is 106 Å². The molecule has 3 aliphatic rings. The molecule has 3 atom stereocenters. The van der Waals surface area contributed by atoms with Gasteiger partial charge < -0.3 is 19.3 Å². The number of hydrogen-bond acceptors (Lipinski definition) is 7. The van der Waals surface area contributed by atoms with Crippen LogP contribution in [0.3, 0.4) is 0 Å². The molecule has 0 bridgehead atoms. The van der Waals surface area contributed by atoms with Gasteiger partial charge in [0.25, 0.3) is 0 Å². The Labute approximate surface area is 235 Å². The summed E-state index contributed by atoms with van der Waals surface area (Å²) in [5.41, 5.74) is 3.50. The zero-order chi connectivity index (χ0) is 28.2. The zero-order valence-corrected chi connectivity index (χ0v) is 23.3. The van der Waals surface area contributed by atoms with E-state index in [1.807, 2.05) is 18.2 Å². The molecule has 0 radical (unpaired) electrons. The summed E-state index contributed by atoms with van der Waals surface area (Å²) in [6.07, 6.45) is 3.79. The van der Waals surface area contributed by atoms with Gasteiger partial charge in [-0.3, -0.25) is 24.2 Å². The molecule has 2 unspecified atom stereocenters. The molecule has 214 valence electrons. The zero-order valence-electron chi connectivity index (χ0n) is 23.3. The molecule has 40 heavy (non-hydrogen) atoms. The summed E-state index contributed by atoms with van der Waals surface area (Å²) in [5.74, 6) is 1.16. The van der Waals surface area contributed by atoms with Gasteiger partial charge in [-0.1, -0.05) is 18.2 Å². The first-order valence-electron chi connectivity index (χ1n) is 14.2. The highest BCUT2D eigenvalue weighted by atomic mass is 16.5. The number of hydrogen-bond donors (Lipinski definition) is 1. The summed E-state index contributed by atoms with van der Waals surface area (Å²) < 4.78 is 17.2. The van der Waals surface area contributed by atoms with Crippen LogP contribution >= 0.6 is 0 Å². The lowest BCUT2D eigenvalue weighted by molar-refractivity contribution is -0.142. The Kier molecular flexibility index (Phi) is 8.59. The van der Waals surface area contributed by atoms with Crippen LogP contribution in [-0.4, -0.2) is 66.1 Å². The monoisotopic (exact) mass is 550 g/mol. The minimum Gasteiger partial charge on any atom is -0.493 e. The molecular weight excluding hydrogens is 512 g/mol. The van der Waals surface area contributed by atoms with Crippen molar-refractivity contribution >= 4 is 17.8 Å². The van der Waals surface area contributed by atoms with Crippen molar-refractivity contribution in [2.24, 2.45) is 11.8 Å². The summed E-state index contributed by atoms with van der Waals surface area (Å²) >= 11 is 0. The van der Waals surface area contributed by atoms with Gasteiger partial charge in [0.2, 0.25) is 11.8 Å². The Balaban J connectivity index is 1.30. The molecule has 1 aliphatic carbocycles. The Hall–Kier alpha value is -3.59. The number of amides is 2. The lowest BCUT2D eigenvalue weighted by Gasteiger charge is -2.32. The number of carbonyl (C=O) groups excluding carboxylic acids is 2. The van der Waals surface area contributed by atoms with Crippen molar-refractivity contribution in [3.8, 4) is 17.2 Å². The fraction of sp³-hybridized carbons (Fsp3) is 0.516. The second-order valence-electron chi connectivity index (χ2n) is 11.1. The van der Waals surface area contributed by atoms with Crippen molar-refractivity contribution < 1.29 is 33.7 Å². The van der Waals surface area contributed by atoms with Crippen LogP contribution < -0.4 is 14.2 Å². The Morgan fingerprint density at radius 2 is 1.90 bits per heavy atom. The predicted octanol–water partition coefficient (Wildman–Crippen LogP) is 4.22. The molecule has 9 heteroatoms. The first-order valence-corrected chi connectivity index (χ1v) is 14.2. The third-order valence-corrected chi connectivity index (χ3v) is 8.47. The Morgan fingerprint density at radius 3 is 2.62 bits per heavy atom. The van der Waals surface area contributed by atoms with Gasteiger partial charge in [-0.15, -0.1) is 0 Å². The van der Waals surface area contributed by atoms with E-state index in [0.717, 1.165) is 37.1 Å². The van der Waals surface area contributed by atoms with E-state index in [2.05, 4.69) is 30.0 Å². The second-order valence-corrected chi connectivity index (χ2v) is 11.1. The van der Waals surface area contributed by atoms with E-state index in [9.17, 15) is 19.5 Å². The number of likely N-dealkylation sites (tertiary alicyclic amines) is 1. The number of imide groups is 1. The summed E-state index contributed by atoms with van der Waals surface area (Å²) in [6, 6.07) is 12.4. The van der Waals surface area contributed by atoms with E-state index < -0.39 is 5.97 Å². The highest BCUT2D eigenvalue weighted by molar-refractivity contribution is 6.01. The second kappa shape index (κ2) is 12.3.